The maximum absolute atomic E-state index is 12.3. The minimum absolute atomic E-state index is 0.177. The van der Waals surface area contributed by atoms with E-state index < -0.39 is 12.2 Å². The summed E-state index contributed by atoms with van der Waals surface area (Å²) in [7, 11) is 0. The van der Waals surface area contributed by atoms with Crippen LogP contribution in [0.5, 0.6) is 0 Å². The fraction of sp³-hybridized carbons (Fsp3) is 0.667. The highest BCUT2D eigenvalue weighted by Crippen LogP contribution is 2.15. The number of carbonyl (C=O) groups is 1. The predicted octanol–water partition coefficient (Wildman–Crippen LogP) is -0.357. The maximum atomic E-state index is 12.3. The largest absolute Gasteiger partial charge is 0.388 e. The second kappa shape index (κ2) is 5.07. The van der Waals surface area contributed by atoms with Crippen molar-refractivity contribution in [2.24, 2.45) is 0 Å². The van der Waals surface area contributed by atoms with Gasteiger partial charge in [-0.05, 0) is 19.4 Å². The van der Waals surface area contributed by atoms with Gasteiger partial charge in [0.05, 0.1) is 17.9 Å². The van der Waals surface area contributed by atoms with E-state index in [2.05, 4.69) is 5.10 Å². The second-order valence-corrected chi connectivity index (χ2v) is 4.54. The number of hydrogen-bond donors (Lipinski definition) is 2. The lowest BCUT2D eigenvalue weighted by molar-refractivity contribution is 0.0572. The van der Waals surface area contributed by atoms with E-state index in [4.69, 9.17) is 0 Å². The summed E-state index contributed by atoms with van der Waals surface area (Å²) in [5, 5.41) is 23.3. The molecule has 1 saturated heterocycles. The standard InChI is InChI=1S/C12H19N3O3/c1-3-8-5-9(15(4-2)13-8)12(18)14-6-10(16)11(17)7-14/h5,10-11,16-17H,3-4,6-7H2,1-2H3/t10-,11+. The van der Waals surface area contributed by atoms with Gasteiger partial charge in [0, 0.05) is 19.6 Å². The number of likely N-dealkylation sites (tertiary alicyclic amines) is 1. The zero-order valence-corrected chi connectivity index (χ0v) is 10.7. The number of aliphatic hydroxyl groups is 2. The van der Waals surface area contributed by atoms with Crippen molar-refractivity contribution in [1.82, 2.24) is 14.7 Å². The van der Waals surface area contributed by atoms with Crippen LogP contribution in [-0.2, 0) is 13.0 Å². The van der Waals surface area contributed by atoms with Gasteiger partial charge in [0.25, 0.3) is 5.91 Å². The maximum Gasteiger partial charge on any atom is 0.272 e. The highest BCUT2D eigenvalue weighted by molar-refractivity contribution is 5.93. The van der Waals surface area contributed by atoms with E-state index in [1.807, 2.05) is 13.8 Å². The van der Waals surface area contributed by atoms with Crippen molar-refractivity contribution < 1.29 is 15.0 Å². The Balaban J connectivity index is 2.21. The van der Waals surface area contributed by atoms with Gasteiger partial charge < -0.3 is 15.1 Å². The molecule has 1 fully saturated rings. The number of rotatable bonds is 3. The van der Waals surface area contributed by atoms with Crippen LogP contribution < -0.4 is 0 Å². The second-order valence-electron chi connectivity index (χ2n) is 4.54. The van der Waals surface area contributed by atoms with Crippen molar-refractivity contribution in [2.75, 3.05) is 13.1 Å². The lowest BCUT2D eigenvalue weighted by Crippen LogP contribution is -2.31. The number of β-amino-alcohol motifs (C(OH)–C–C–N with tert-alkyl or cyclic N) is 2. The van der Waals surface area contributed by atoms with Crippen LogP contribution in [0.3, 0.4) is 0 Å². The smallest absolute Gasteiger partial charge is 0.272 e. The minimum atomic E-state index is -0.849. The summed E-state index contributed by atoms with van der Waals surface area (Å²) in [6.45, 7) is 4.89. The van der Waals surface area contributed by atoms with Crippen LogP contribution in [0, 0.1) is 0 Å². The van der Waals surface area contributed by atoms with E-state index in [-0.39, 0.29) is 19.0 Å². The lowest BCUT2D eigenvalue weighted by Gasteiger charge is -2.15. The number of hydrogen-bond acceptors (Lipinski definition) is 4. The zero-order valence-electron chi connectivity index (χ0n) is 10.7. The Morgan fingerprint density at radius 2 is 2.00 bits per heavy atom. The predicted molar refractivity (Wildman–Crippen MR) is 65.2 cm³/mol. The highest BCUT2D eigenvalue weighted by Gasteiger charge is 2.34. The molecule has 2 atom stereocenters. The fourth-order valence-electron chi connectivity index (χ4n) is 2.15. The Morgan fingerprint density at radius 3 is 2.50 bits per heavy atom. The third-order valence-corrected chi connectivity index (χ3v) is 3.26. The zero-order chi connectivity index (χ0) is 13.3. The van der Waals surface area contributed by atoms with Gasteiger partial charge in [0.15, 0.2) is 0 Å². The summed E-state index contributed by atoms with van der Waals surface area (Å²) in [6, 6.07) is 1.78. The summed E-state index contributed by atoms with van der Waals surface area (Å²) in [5.41, 5.74) is 1.40. The number of carbonyl (C=O) groups excluding carboxylic acids is 1. The first kappa shape index (κ1) is 13.0. The monoisotopic (exact) mass is 253 g/mol. The van der Waals surface area contributed by atoms with Gasteiger partial charge in [-0.15, -0.1) is 0 Å². The Hall–Kier alpha value is -1.40. The number of nitrogens with zero attached hydrogens (tertiary/aromatic N) is 3. The van der Waals surface area contributed by atoms with Crippen molar-refractivity contribution in [3.63, 3.8) is 0 Å². The molecule has 6 nitrogen and oxygen atoms in total. The molecule has 0 saturated carbocycles. The molecule has 1 amide bonds. The van der Waals surface area contributed by atoms with Crippen LogP contribution in [0.2, 0.25) is 0 Å². The van der Waals surface area contributed by atoms with Crippen LogP contribution in [-0.4, -0.2) is 56.1 Å². The highest BCUT2D eigenvalue weighted by atomic mass is 16.3. The van der Waals surface area contributed by atoms with Gasteiger partial charge in [-0.25, -0.2) is 0 Å². The van der Waals surface area contributed by atoms with Crippen LogP contribution in [0.25, 0.3) is 0 Å². The van der Waals surface area contributed by atoms with Crippen molar-refractivity contribution in [3.8, 4) is 0 Å². The number of amides is 1. The normalized spacial score (nSPS) is 23.7. The molecular formula is C12H19N3O3. The first-order valence-electron chi connectivity index (χ1n) is 6.28. The average Bonchev–Trinajstić information content (AvgIpc) is 2.93. The number of aromatic nitrogens is 2. The summed E-state index contributed by atoms with van der Waals surface area (Å²) < 4.78 is 1.66. The van der Waals surface area contributed by atoms with Gasteiger partial charge >= 0.3 is 0 Å². The Labute approximate surface area is 106 Å². The molecule has 18 heavy (non-hydrogen) atoms. The molecule has 2 rings (SSSR count). The Morgan fingerprint density at radius 1 is 1.39 bits per heavy atom. The molecule has 100 valence electrons. The van der Waals surface area contributed by atoms with Crippen molar-refractivity contribution in [1.29, 1.82) is 0 Å². The van der Waals surface area contributed by atoms with E-state index in [0.717, 1.165) is 12.1 Å². The average molecular weight is 253 g/mol. The molecule has 2 N–H and O–H groups in total. The SMILES string of the molecule is CCc1cc(C(=O)N2C[C@@H](O)[C@@H](O)C2)n(CC)n1. The minimum Gasteiger partial charge on any atom is -0.388 e. The third-order valence-electron chi connectivity index (χ3n) is 3.26. The van der Waals surface area contributed by atoms with Crippen molar-refractivity contribution in [2.45, 2.75) is 39.0 Å². The Bertz CT molecular complexity index is 434. The van der Waals surface area contributed by atoms with Crippen molar-refractivity contribution >= 4 is 5.91 Å². The van der Waals surface area contributed by atoms with Gasteiger partial charge in [-0.1, -0.05) is 6.92 Å². The summed E-state index contributed by atoms with van der Waals surface area (Å²) in [5.74, 6) is -0.181. The molecule has 0 spiro atoms. The number of aliphatic hydroxyl groups excluding tert-OH is 2. The molecule has 6 heteroatoms. The number of aryl methyl sites for hydroxylation is 2. The van der Waals surface area contributed by atoms with Gasteiger partial charge in [-0.2, -0.15) is 5.10 Å². The van der Waals surface area contributed by atoms with Crippen molar-refractivity contribution in [3.05, 3.63) is 17.5 Å². The molecule has 2 heterocycles. The molecule has 0 radical (unpaired) electrons. The van der Waals surface area contributed by atoms with E-state index >= 15 is 0 Å². The molecule has 0 unspecified atom stereocenters. The van der Waals surface area contributed by atoms with Gasteiger partial charge in [0.1, 0.15) is 5.69 Å². The molecule has 1 aliphatic rings. The summed E-state index contributed by atoms with van der Waals surface area (Å²) >= 11 is 0. The third kappa shape index (κ3) is 2.26. The van der Waals surface area contributed by atoms with E-state index in [9.17, 15) is 15.0 Å². The molecular weight excluding hydrogens is 234 g/mol. The van der Waals surface area contributed by atoms with Crippen LogP contribution in [0.15, 0.2) is 6.07 Å². The van der Waals surface area contributed by atoms with E-state index in [0.29, 0.717) is 12.2 Å². The fourth-order valence-corrected chi connectivity index (χ4v) is 2.15. The molecule has 1 aromatic rings. The molecule has 1 aliphatic heterocycles. The summed E-state index contributed by atoms with van der Waals surface area (Å²) in [4.78, 5) is 13.8. The Kier molecular flexibility index (Phi) is 3.68. The summed E-state index contributed by atoms with van der Waals surface area (Å²) in [6.07, 6.45) is -0.923. The van der Waals surface area contributed by atoms with Crippen LogP contribution in [0.1, 0.15) is 30.0 Å². The molecule has 1 aromatic heterocycles. The first-order chi connectivity index (χ1) is 8.56. The van der Waals surface area contributed by atoms with Gasteiger partial charge in [-0.3, -0.25) is 9.48 Å². The quantitative estimate of drug-likeness (QED) is 0.771. The van der Waals surface area contributed by atoms with Crippen LogP contribution in [0.4, 0.5) is 0 Å². The molecule has 0 aromatic carbocycles. The van der Waals surface area contributed by atoms with Crippen LogP contribution >= 0.6 is 0 Å². The van der Waals surface area contributed by atoms with E-state index in [1.165, 1.54) is 4.90 Å². The van der Waals surface area contributed by atoms with Gasteiger partial charge in [0.2, 0.25) is 0 Å². The lowest BCUT2D eigenvalue weighted by atomic mass is 10.3. The molecule has 0 aliphatic carbocycles. The first-order valence-corrected chi connectivity index (χ1v) is 6.28. The van der Waals surface area contributed by atoms with E-state index in [1.54, 1.807) is 10.7 Å². The topological polar surface area (TPSA) is 78.6 Å². The molecule has 0 bridgehead atoms.